The molecule has 96 valence electrons. The van der Waals surface area contributed by atoms with Crippen LogP contribution in [-0.2, 0) is 13.0 Å². The standard InChI is InChI=1S/C13H15BrClN3/c14-12-8-11(15)4-3-10(12)9-16-5-1-2-13-17-6-7-18-13/h3-4,6-8,16H,1-2,5,9H2,(H,17,18). The van der Waals surface area contributed by atoms with Gasteiger partial charge in [0.05, 0.1) is 0 Å². The smallest absolute Gasteiger partial charge is 0.106 e. The Kier molecular flexibility index (Phi) is 5.23. The van der Waals surface area contributed by atoms with Crippen molar-refractivity contribution in [3.05, 3.63) is 51.5 Å². The van der Waals surface area contributed by atoms with Crippen molar-refractivity contribution < 1.29 is 0 Å². The van der Waals surface area contributed by atoms with Crippen molar-refractivity contribution in [1.29, 1.82) is 0 Å². The molecule has 1 aromatic heterocycles. The number of aromatic amines is 1. The highest BCUT2D eigenvalue weighted by Crippen LogP contribution is 2.21. The molecule has 0 fully saturated rings. The van der Waals surface area contributed by atoms with Gasteiger partial charge < -0.3 is 10.3 Å². The molecule has 0 saturated heterocycles. The minimum atomic E-state index is 0.753. The van der Waals surface area contributed by atoms with E-state index >= 15 is 0 Å². The monoisotopic (exact) mass is 327 g/mol. The molecule has 0 amide bonds. The number of hydrogen-bond acceptors (Lipinski definition) is 2. The molecule has 0 aliphatic heterocycles. The lowest BCUT2D eigenvalue weighted by Gasteiger charge is -2.06. The minimum Gasteiger partial charge on any atom is -0.349 e. The molecule has 2 aromatic rings. The zero-order chi connectivity index (χ0) is 12.8. The highest BCUT2D eigenvalue weighted by atomic mass is 79.9. The lowest BCUT2D eigenvalue weighted by molar-refractivity contribution is 0.640. The number of aryl methyl sites for hydroxylation is 1. The van der Waals surface area contributed by atoms with Crippen LogP contribution in [0.1, 0.15) is 17.8 Å². The Morgan fingerprint density at radius 3 is 3.00 bits per heavy atom. The molecule has 3 nitrogen and oxygen atoms in total. The average molecular weight is 329 g/mol. The van der Waals surface area contributed by atoms with Crippen LogP contribution in [0.2, 0.25) is 5.02 Å². The van der Waals surface area contributed by atoms with Crippen LogP contribution in [-0.4, -0.2) is 16.5 Å². The van der Waals surface area contributed by atoms with Crippen molar-refractivity contribution in [2.75, 3.05) is 6.54 Å². The summed E-state index contributed by atoms with van der Waals surface area (Å²) in [5, 5.41) is 4.16. The second kappa shape index (κ2) is 6.92. The van der Waals surface area contributed by atoms with Gasteiger partial charge in [-0.15, -0.1) is 0 Å². The van der Waals surface area contributed by atoms with Gasteiger partial charge in [-0.2, -0.15) is 0 Å². The van der Waals surface area contributed by atoms with Gasteiger partial charge in [0.2, 0.25) is 0 Å². The molecule has 0 saturated carbocycles. The molecule has 2 rings (SSSR count). The molecule has 0 unspecified atom stereocenters. The van der Waals surface area contributed by atoms with Gasteiger partial charge in [0, 0.05) is 34.9 Å². The third kappa shape index (κ3) is 4.12. The van der Waals surface area contributed by atoms with Gasteiger partial charge in [0.1, 0.15) is 5.82 Å². The van der Waals surface area contributed by atoms with Crippen LogP contribution in [0, 0.1) is 0 Å². The number of benzene rings is 1. The Labute approximate surface area is 120 Å². The first-order valence-electron chi connectivity index (χ1n) is 5.88. The van der Waals surface area contributed by atoms with E-state index in [1.165, 1.54) is 5.56 Å². The first-order chi connectivity index (χ1) is 8.75. The summed E-state index contributed by atoms with van der Waals surface area (Å²) >= 11 is 9.41. The molecule has 0 atom stereocenters. The summed E-state index contributed by atoms with van der Waals surface area (Å²) in [6, 6.07) is 5.86. The summed E-state index contributed by atoms with van der Waals surface area (Å²) in [5.74, 6) is 1.05. The molecule has 0 spiro atoms. The fourth-order valence-electron chi connectivity index (χ4n) is 1.70. The van der Waals surface area contributed by atoms with E-state index in [-0.39, 0.29) is 0 Å². The summed E-state index contributed by atoms with van der Waals surface area (Å²) in [4.78, 5) is 7.29. The first-order valence-corrected chi connectivity index (χ1v) is 7.05. The molecule has 2 N–H and O–H groups in total. The number of hydrogen-bond donors (Lipinski definition) is 2. The predicted octanol–water partition coefficient (Wildman–Crippen LogP) is 3.55. The summed E-state index contributed by atoms with van der Waals surface area (Å²) in [5.41, 5.74) is 1.22. The Morgan fingerprint density at radius 2 is 2.28 bits per heavy atom. The third-order valence-electron chi connectivity index (χ3n) is 2.65. The van der Waals surface area contributed by atoms with E-state index in [1.807, 2.05) is 24.4 Å². The average Bonchev–Trinajstić information content (AvgIpc) is 2.84. The van der Waals surface area contributed by atoms with E-state index in [9.17, 15) is 0 Å². The molecule has 0 radical (unpaired) electrons. The van der Waals surface area contributed by atoms with Crippen molar-refractivity contribution in [2.24, 2.45) is 0 Å². The topological polar surface area (TPSA) is 40.7 Å². The minimum absolute atomic E-state index is 0.753. The van der Waals surface area contributed by atoms with Gasteiger partial charge >= 0.3 is 0 Å². The van der Waals surface area contributed by atoms with Gasteiger partial charge in [-0.3, -0.25) is 0 Å². The maximum Gasteiger partial charge on any atom is 0.106 e. The number of aromatic nitrogens is 2. The number of nitrogens with one attached hydrogen (secondary N) is 2. The molecule has 1 heterocycles. The Hall–Kier alpha value is -0.840. The van der Waals surface area contributed by atoms with E-state index < -0.39 is 0 Å². The van der Waals surface area contributed by atoms with Crippen LogP contribution < -0.4 is 5.32 Å². The number of nitrogens with zero attached hydrogens (tertiary/aromatic N) is 1. The van der Waals surface area contributed by atoms with E-state index in [4.69, 9.17) is 11.6 Å². The lowest BCUT2D eigenvalue weighted by Crippen LogP contribution is -2.15. The van der Waals surface area contributed by atoms with Gasteiger partial charge in [0.25, 0.3) is 0 Å². The highest BCUT2D eigenvalue weighted by Gasteiger charge is 2.00. The number of imidazole rings is 1. The van der Waals surface area contributed by atoms with Crippen LogP contribution in [0.15, 0.2) is 35.1 Å². The van der Waals surface area contributed by atoms with Crippen molar-refractivity contribution in [3.8, 4) is 0 Å². The fraction of sp³-hybridized carbons (Fsp3) is 0.308. The van der Waals surface area contributed by atoms with Crippen molar-refractivity contribution >= 4 is 27.5 Å². The second-order valence-electron chi connectivity index (χ2n) is 4.05. The fourth-order valence-corrected chi connectivity index (χ4v) is 2.53. The van der Waals surface area contributed by atoms with Crippen LogP contribution in [0.5, 0.6) is 0 Å². The van der Waals surface area contributed by atoms with Gasteiger partial charge in [-0.25, -0.2) is 4.98 Å². The highest BCUT2D eigenvalue weighted by molar-refractivity contribution is 9.10. The summed E-state index contributed by atoms with van der Waals surface area (Å²) in [6.45, 7) is 1.81. The van der Waals surface area contributed by atoms with Crippen LogP contribution in [0.25, 0.3) is 0 Å². The van der Waals surface area contributed by atoms with Crippen LogP contribution >= 0.6 is 27.5 Å². The second-order valence-corrected chi connectivity index (χ2v) is 5.34. The Bertz CT molecular complexity index is 485. The van der Waals surface area contributed by atoms with Gasteiger partial charge in [-0.05, 0) is 30.7 Å². The zero-order valence-electron chi connectivity index (χ0n) is 9.92. The molecule has 5 heteroatoms. The molecule has 18 heavy (non-hydrogen) atoms. The predicted molar refractivity (Wildman–Crippen MR) is 77.8 cm³/mol. The van der Waals surface area contributed by atoms with Gasteiger partial charge in [0.15, 0.2) is 0 Å². The van der Waals surface area contributed by atoms with Gasteiger partial charge in [-0.1, -0.05) is 33.6 Å². The number of halogens is 2. The first kappa shape index (κ1) is 13.6. The molecule has 0 aliphatic carbocycles. The SMILES string of the molecule is Clc1ccc(CNCCCc2ncc[nH]2)c(Br)c1. The Balaban J connectivity index is 1.69. The third-order valence-corrected chi connectivity index (χ3v) is 3.63. The number of H-pyrrole nitrogens is 1. The van der Waals surface area contributed by atoms with Crippen LogP contribution in [0.3, 0.4) is 0 Å². The van der Waals surface area contributed by atoms with Crippen molar-refractivity contribution in [2.45, 2.75) is 19.4 Å². The van der Waals surface area contributed by atoms with Crippen LogP contribution in [0.4, 0.5) is 0 Å². The molecular formula is C13H15BrClN3. The number of rotatable bonds is 6. The van der Waals surface area contributed by atoms with E-state index in [0.717, 1.165) is 41.3 Å². The molecule has 0 bridgehead atoms. The maximum atomic E-state index is 5.90. The summed E-state index contributed by atoms with van der Waals surface area (Å²) < 4.78 is 1.05. The summed E-state index contributed by atoms with van der Waals surface area (Å²) in [7, 11) is 0. The maximum absolute atomic E-state index is 5.90. The van der Waals surface area contributed by atoms with E-state index in [2.05, 4.69) is 31.2 Å². The summed E-state index contributed by atoms with van der Waals surface area (Å²) in [6.07, 6.45) is 5.68. The van der Waals surface area contributed by atoms with E-state index in [0.29, 0.717) is 0 Å². The molecule has 0 aliphatic rings. The zero-order valence-corrected chi connectivity index (χ0v) is 12.3. The van der Waals surface area contributed by atoms with Crippen molar-refractivity contribution in [1.82, 2.24) is 15.3 Å². The molecular weight excluding hydrogens is 314 g/mol. The Morgan fingerprint density at radius 1 is 1.39 bits per heavy atom. The lowest BCUT2D eigenvalue weighted by atomic mass is 10.2. The van der Waals surface area contributed by atoms with Crippen molar-refractivity contribution in [3.63, 3.8) is 0 Å². The normalized spacial score (nSPS) is 10.8. The van der Waals surface area contributed by atoms with E-state index in [1.54, 1.807) is 6.20 Å². The molecule has 1 aromatic carbocycles. The largest absolute Gasteiger partial charge is 0.349 e. The quantitative estimate of drug-likeness (QED) is 0.796.